The minimum atomic E-state index is -1.04. The SMILES string of the molecule is CS(=O)c1ccc(S)c(O)c1.[Zn+2]. The molecule has 2 nitrogen and oxygen atoms in total. The van der Waals surface area contributed by atoms with Crippen LogP contribution in [0.5, 0.6) is 5.75 Å². The number of phenols is 1. The summed E-state index contributed by atoms with van der Waals surface area (Å²) in [5, 5.41) is 9.14. The van der Waals surface area contributed by atoms with Crippen molar-refractivity contribution < 1.29 is 28.8 Å². The summed E-state index contributed by atoms with van der Waals surface area (Å²) in [5.41, 5.74) is 0. The van der Waals surface area contributed by atoms with Crippen molar-refractivity contribution in [1.82, 2.24) is 0 Å². The van der Waals surface area contributed by atoms with E-state index in [-0.39, 0.29) is 25.2 Å². The third-order valence-corrected chi connectivity index (χ3v) is 2.57. The van der Waals surface area contributed by atoms with Crippen molar-refractivity contribution >= 4 is 23.4 Å². The third-order valence-electron chi connectivity index (χ3n) is 1.28. The molecule has 60 valence electrons. The van der Waals surface area contributed by atoms with E-state index in [0.29, 0.717) is 9.79 Å². The molecule has 1 aromatic carbocycles. The van der Waals surface area contributed by atoms with Gasteiger partial charge in [-0.2, -0.15) is 0 Å². The summed E-state index contributed by atoms with van der Waals surface area (Å²) in [5.74, 6) is 0.0704. The Hall–Kier alpha value is 0.143. The fraction of sp³-hybridized carbons (Fsp3) is 0.143. The number of aromatic hydroxyl groups is 1. The van der Waals surface area contributed by atoms with Crippen LogP contribution in [0.4, 0.5) is 0 Å². The molecule has 0 saturated heterocycles. The van der Waals surface area contributed by atoms with Crippen LogP contribution in [0.25, 0.3) is 0 Å². The van der Waals surface area contributed by atoms with Gasteiger partial charge in [-0.1, -0.05) is 0 Å². The van der Waals surface area contributed by atoms with Crippen LogP contribution in [-0.2, 0) is 30.3 Å². The number of thiol groups is 1. The largest absolute Gasteiger partial charge is 2.00 e. The van der Waals surface area contributed by atoms with Crippen LogP contribution in [0, 0.1) is 0 Å². The Morgan fingerprint density at radius 3 is 2.50 bits per heavy atom. The zero-order valence-electron chi connectivity index (χ0n) is 6.65. The first-order valence-corrected chi connectivity index (χ1v) is 4.97. The van der Waals surface area contributed by atoms with Crippen LogP contribution in [-0.4, -0.2) is 15.6 Å². The van der Waals surface area contributed by atoms with Gasteiger partial charge in [-0.15, -0.1) is 12.6 Å². The molecule has 1 aromatic rings. The Morgan fingerprint density at radius 2 is 2.08 bits per heavy atom. The van der Waals surface area contributed by atoms with Gasteiger partial charge >= 0.3 is 19.5 Å². The minimum Gasteiger partial charge on any atom is -0.507 e. The van der Waals surface area contributed by atoms with E-state index in [2.05, 4.69) is 12.6 Å². The van der Waals surface area contributed by atoms with Crippen molar-refractivity contribution in [3.63, 3.8) is 0 Å². The van der Waals surface area contributed by atoms with Crippen LogP contribution >= 0.6 is 12.6 Å². The zero-order chi connectivity index (χ0) is 8.43. The Morgan fingerprint density at radius 1 is 1.50 bits per heavy atom. The van der Waals surface area contributed by atoms with Gasteiger partial charge in [0.15, 0.2) is 0 Å². The van der Waals surface area contributed by atoms with E-state index in [1.807, 2.05) is 0 Å². The maximum atomic E-state index is 10.9. The van der Waals surface area contributed by atoms with E-state index in [1.165, 1.54) is 6.07 Å². The quantitative estimate of drug-likeness (QED) is 0.587. The number of phenolic OH excluding ortho intramolecular Hbond substituents is 1. The average molecular weight is 254 g/mol. The van der Waals surface area contributed by atoms with Crippen molar-refractivity contribution in [3.05, 3.63) is 18.2 Å². The Kier molecular flexibility index (Phi) is 5.06. The normalized spacial score (nSPS) is 11.8. The van der Waals surface area contributed by atoms with Gasteiger partial charge in [0.2, 0.25) is 0 Å². The minimum absolute atomic E-state index is 0. The molecule has 0 aliphatic rings. The predicted molar refractivity (Wildman–Crippen MR) is 47.7 cm³/mol. The van der Waals surface area contributed by atoms with E-state index < -0.39 is 10.8 Å². The zero-order valence-corrected chi connectivity index (χ0v) is 11.3. The van der Waals surface area contributed by atoms with Crippen molar-refractivity contribution in [1.29, 1.82) is 0 Å². The molecule has 12 heavy (non-hydrogen) atoms. The Balaban J connectivity index is 0.00000121. The topological polar surface area (TPSA) is 37.3 Å². The molecule has 1 unspecified atom stereocenters. The second kappa shape index (κ2) is 5.00. The fourth-order valence-corrected chi connectivity index (χ4v) is 1.36. The summed E-state index contributed by atoms with van der Waals surface area (Å²) in [4.78, 5) is 1.11. The van der Waals surface area contributed by atoms with Gasteiger partial charge in [0.25, 0.3) is 0 Å². The van der Waals surface area contributed by atoms with Crippen LogP contribution < -0.4 is 0 Å². The maximum absolute atomic E-state index is 10.9. The first-order chi connectivity index (χ1) is 5.11. The van der Waals surface area contributed by atoms with E-state index in [9.17, 15) is 4.21 Å². The van der Waals surface area contributed by atoms with Crippen LogP contribution in [0.15, 0.2) is 28.0 Å². The molecule has 0 aliphatic heterocycles. The molecule has 1 rings (SSSR count). The van der Waals surface area contributed by atoms with Crippen LogP contribution in [0.3, 0.4) is 0 Å². The molecular formula is C7H8O2S2Zn+2. The fourth-order valence-electron chi connectivity index (χ4n) is 0.682. The van der Waals surface area contributed by atoms with Gasteiger partial charge in [0.05, 0.1) is 0 Å². The summed E-state index contributed by atoms with van der Waals surface area (Å²) >= 11 is 3.96. The molecule has 5 heteroatoms. The number of hydrogen-bond donors (Lipinski definition) is 2. The Bertz CT molecular complexity index is 301. The van der Waals surface area contributed by atoms with Gasteiger partial charge in [-0.05, 0) is 18.2 Å². The first kappa shape index (κ1) is 12.1. The smallest absolute Gasteiger partial charge is 0.507 e. The number of rotatable bonds is 1. The van der Waals surface area contributed by atoms with Gasteiger partial charge in [0.1, 0.15) is 5.75 Å². The summed E-state index contributed by atoms with van der Waals surface area (Å²) in [6.07, 6.45) is 1.56. The van der Waals surface area contributed by atoms with Crippen molar-refractivity contribution in [2.75, 3.05) is 6.26 Å². The molecule has 1 N–H and O–H groups in total. The van der Waals surface area contributed by atoms with Crippen LogP contribution in [0.1, 0.15) is 0 Å². The summed E-state index contributed by atoms with van der Waals surface area (Å²) in [6.45, 7) is 0. The van der Waals surface area contributed by atoms with Crippen molar-refractivity contribution in [3.8, 4) is 5.75 Å². The average Bonchev–Trinajstić information content (AvgIpc) is 1.94. The van der Waals surface area contributed by atoms with Crippen LogP contribution in [0.2, 0.25) is 0 Å². The van der Waals surface area contributed by atoms with Crippen molar-refractivity contribution in [2.24, 2.45) is 0 Å². The van der Waals surface area contributed by atoms with Gasteiger partial charge in [-0.3, -0.25) is 4.21 Å². The second-order valence-corrected chi connectivity index (χ2v) is 3.97. The van der Waals surface area contributed by atoms with Crippen molar-refractivity contribution in [2.45, 2.75) is 9.79 Å². The molecule has 1 atom stereocenters. The molecule has 0 heterocycles. The van der Waals surface area contributed by atoms with E-state index in [1.54, 1.807) is 18.4 Å². The molecule has 0 aromatic heterocycles. The predicted octanol–water partition coefficient (Wildman–Crippen LogP) is 1.42. The third kappa shape index (κ3) is 2.89. The monoisotopic (exact) mass is 252 g/mol. The molecule has 0 bridgehead atoms. The summed E-state index contributed by atoms with van der Waals surface area (Å²) in [7, 11) is -1.04. The van der Waals surface area contributed by atoms with Gasteiger partial charge in [0, 0.05) is 26.8 Å². The van der Waals surface area contributed by atoms with Gasteiger partial charge in [-0.25, -0.2) is 0 Å². The molecule has 0 saturated carbocycles. The molecular weight excluding hydrogens is 246 g/mol. The Labute approximate surface area is 92.0 Å². The van der Waals surface area contributed by atoms with E-state index in [4.69, 9.17) is 5.11 Å². The summed E-state index contributed by atoms with van der Waals surface area (Å²) < 4.78 is 10.9. The molecule has 0 amide bonds. The van der Waals surface area contributed by atoms with E-state index >= 15 is 0 Å². The van der Waals surface area contributed by atoms with Gasteiger partial charge < -0.3 is 5.11 Å². The molecule has 0 aliphatic carbocycles. The molecule has 0 radical (unpaired) electrons. The maximum Gasteiger partial charge on any atom is 2.00 e. The number of benzene rings is 1. The molecule has 0 fully saturated rings. The first-order valence-electron chi connectivity index (χ1n) is 2.96. The number of hydrogen-bond acceptors (Lipinski definition) is 3. The van der Waals surface area contributed by atoms with E-state index in [0.717, 1.165) is 0 Å². The second-order valence-electron chi connectivity index (χ2n) is 2.10. The standard InChI is InChI=1S/C7H8O2S2.Zn/c1-11(9)5-2-3-7(10)6(8)4-5;/h2-4,8,10H,1H3;/q;+2. The molecule has 0 spiro atoms. The summed E-state index contributed by atoms with van der Waals surface area (Å²) in [6, 6.07) is 4.76.